The van der Waals surface area contributed by atoms with E-state index in [4.69, 9.17) is 27.2 Å². The molecular weight excluding hydrogens is 320 g/mol. The van der Waals surface area contributed by atoms with E-state index in [9.17, 15) is 0 Å². The molecule has 0 radical (unpaired) electrons. The smallest absolute Gasteiger partial charge is 0.395 e. The van der Waals surface area contributed by atoms with Crippen molar-refractivity contribution in [1.82, 2.24) is 0 Å². The predicted molar refractivity (Wildman–Crippen MR) is 91.0 cm³/mol. The molecule has 0 aromatic carbocycles. The van der Waals surface area contributed by atoms with E-state index in [1.54, 1.807) is 48.4 Å². The molecule has 132 valence electrons. The molecule has 8 heteroatoms. The summed E-state index contributed by atoms with van der Waals surface area (Å²) in [5, 5.41) is 0. The van der Waals surface area contributed by atoms with E-state index >= 15 is 0 Å². The van der Waals surface area contributed by atoms with Crippen LogP contribution in [0.2, 0.25) is 12.6 Å². The maximum absolute atomic E-state index is 5.59. The summed E-state index contributed by atoms with van der Waals surface area (Å²) in [6.45, 7) is 5.52. The minimum atomic E-state index is -2.35. The minimum absolute atomic E-state index is 0.630. The fourth-order valence-electron chi connectivity index (χ4n) is 2.54. The topological polar surface area (TPSA) is 55.4 Å². The molecule has 0 amide bonds. The van der Waals surface area contributed by atoms with Gasteiger partial charge >= 0.3 is 17.1 Å². The van der Waals surface area contributed by atoms with E-state index in [1.807, 2.05) is 6.55 Å². The molecule has 1 aliphatic heterocycles. The molecule has 0 atom stereocenters. The molecule has 1 heterocycles. The van der Waals surface area contributed by atoms with Crippen molar-refractivity contribution in [3.05, 3.63) is 12.3 Å². The van der Waals surface area contributed by atoms with Crippen LogP contribution in [0.15, 0.2) is 12.3 Å². The first-order valence-electron chi connectivity index (χ1n) is 7.33. The van der Waals surface area contributed by atoms with Gasteiger partial charge in [0.05, 0.1) is 0 Å². The Bertz CT molecular complexity index is 294. The number of ether oxygens (including phenoxy) is 2. The van der Waals surface area contributed by atoms with E-state index in [-0.39, 0.29) is 0 Å². The lowest BCUT2D eigenvalue weighted by atomic mass is 10.2. The molecule has 0 saturated carbocycles. The first kappa shape index (κ1) is 21.9. The van der Waals surface area contributed by atoms with Crippen molar-refractivity contribution in [3.8, 4) is 0 Å². The zero-order valence-electron chi connectivity index (χ0n) is 15.1. The minimum Gasteiger partial charge on any atom is -0.395 e. The van der Waals surface area contributed by atoms with Crippen LogP contribution < -0.4 is 0 Å². The van der Waals surface area contributed by atoms with Crippen molar-refractivity contribution in [2.24, 2.45) is 0 Å². The SMILES string of the molecule is C=C[Si](C)(OC)OC.COC1(OC)CCCC[Si]1(OC)OC. The van der Waals surface area contributed by atoms with E-state index < -0.39 is 22.5 Å². The van der Waals surface area contributed by atoms with Crippen LogP contribution in [-0.2, 0) is 27.2 Å². The van der Waals surface area contributed by atoms with Gasteiger partial charge in [-0.15, -0.1) is 6.58 Å². The molecule has 0 aromatic heterocycles. The Kier molecular flexibility index (Phi) is 9.91. The van der Waals surface area contributed by atoms with Gasteiger partial charge in [0, 0.05) is 49.1 Å². The average molecular weight is 353 g/mol. The molecule has 0 N–H and O–H groups in total. The Morgan fingerprint density at radius 2 is 1.45 bits per heavy atom. The molecule has 1 saturated heterocycles. The number of rotatable bonds is 7. The van der Waals surface area contributed by atoms with Crippen molar-refractivity contribution < 1.29 is 27.2 Å². The van der Waals surface area contributed by atoms with Gasteiger partial charge in [-0.1, -0.05) is 6.42 Å². The highest BCUT2D eigenvalue weighted by molar-refractivity contribution is 6.71. The van der Waals surface area contributed by atoms with Crippen molar-refractivity contribution in [1.29, 1.82) is 0 Å². The molecule has 22 heavy (non-hydrogen) atoms. The van der Waals surface area contributed by atoms with Gasteiger partial charge in [-0.2, -0.15) is 0 Å². The Labute approximate surface area is 137 Å². The molecule has 0 spiro atoms. The van der Waals surface area contributed by atoms with Gasteiger partial charge in [0.15, 0.2) is 0 Å². The van der Waals surface area contributed by atoms with Crippen LogP contribution in [0.25, 0.3) is 0 Å². The second kappa shape index (κ2) is 9.94. The zero-order valence-corrected chi connectivity index (χ0v) is 17.1. The summed E-state index contributed by atoms with van der Waals surface area (Å²) < 4.78 is 32.3. The summed E-state index contributed by atoms with van der Waals surface area (Å²) in [5.41, 5.74) is 1.11. The van der Waals surface area contributed by atoms with Gasteiger partial charge < -0.3 is 27.2 Å². The molecule has 1 fully saturated rings. The summed E-state index contributed by atoms with van der Waals surface area (Å²) in [5.74, 6) is 0. The first-order valence-corrected chi connectivity index (χ1v) is 11.7. The third kappa shape index (κ3) is 4.71. The lowest BCUT2D eigenvalue weighted by Gasteiger charge is -2.46. The Morgan fingerprint density at radius 1 is 0.955 bits per heavy atom. The van der Waals surface area contributed by atoms with Gasteiger partial charge in [-0.05, 0) is 24.7 Å². The monoisotopic (exact) mass is 352 g/mol. The fraction of sp³-hybridized carbons (Fsp3) is 0.857. The van der Waals surface area contributed by atoms with Crippen LogP contribution >= 0.6 is 0 Å². The van der Waals surface area contributed by atoms with Crippen molar-refractivity contribution in [2.45, 2.75) is 37.3 Å². The van der Waals surface area contributed by atoms with Crippen LogP contribution in [0.3, 0.4) is 0 Å². The second-order valence-electron chi connectivity index (χ2n) is 5.16. The van der Waals surface area contributed by atoms with Gasteiger partial charge in [0.1, 0.15) is 0 Å². The molecule has 6 nitrogen and oxygen atoms in total. The Hall–Kier alpha value is -0.0662. The zero-order chi connectivity index (χ0) is 17.3. The van der Waals surface area contributed by atoms with Gasteiger partial charge in [0.2, 0.25) is 5.41 Å². The Morgan fingerprint density at radius 3 is 1.68 bits per heavy atom. The number of methoxy groups -OCH3 is 2. The van der Waals surface area contributed by atoms with Crippen molar-refractivity contribution in [3.63, 3.8) is 0 Å². The maximum Gasteiger partial charge on any atom is 0.399 e. The van der Waals surface area contributed by atoms with Crippen LogP contribution in [0, 0.1) is 0 Å². The van der Waals surface area contributed by atoms with Crippen molar-refractivity contribution >= 4 is 17.1 Å². The van der Waals surface area contributed by atoms with E-state index in [0.717, 1.165) is 25.3 Å². The van der Waals surface area contributed by atoms with E-state index in [2.05, 4.69) is 6.58 Å². The number of hydrogen-bond acceptors (Lipinski definition) is 6. The van der Waals surface area contributed by atoms with E-state index in [0.29, 0.717) is 0 Å². The molecule has 0 aromatic rings. The van der Waals surface area contributed by atoms with Gasteiger partial charge in [-0.3, -0.25) is 0 Å². The summed E-state index contributed by atoms with van der Waals surface area (Å²) >= 11 is 0. The lowest BCUT2D eigenvalue weighted by Crippen LogP contribution is -2.65. The first-order chi connectivity index (χ1) is 10.4. The quantitative estimate of drug-likeness (QED) is 0.518. The summed E-state index contributed by atoms with van der Waals surface area (Å²) in [4.78, 5) is 0. The van der Waals surface area contributed by atoms with Crippen LogP contribution in [0.1, 0.15) is 19.3 Å². The molecular formula is C14H32O6Si2. The molecule has 0 unspecified atom stereocenters. The summed E-state index contributed by atoms with van der Waals surface area (Å²) in [6, 6.07) is 0.932. The molecule has 0 aliphatic carbocycles. The fourth-order valence-corrected chi connectivity index (χ4v) is 6.52. The predicted octanol–water partition coefficient (Wildman–Crippen LogP) is 2.51. The van der Waals surface area contributed by atoms with Crippen molar-refractivity contribution in [2.75, 3.05) is 42.7 Å². The highest BCUT2D eigenvalue weighted by Gasteiger charge is 2.60. The normalized spacial score (nSPS) is 20.0. The summed E-state index contributed by atoms with van der Waals surface area (Å²) in [7, 11) is 5.71. The highest BCUT2D eigenvalue weighted by atomic mass is 28.4. The third-order valence-corrected chi connectivity index (χ3v) is 10.9. The van der Waals surface area contributed by atoms with Crippen LogP contribution in [0.5, 0.6) is 0 Å². The summed E-state index contributed by atoms with van der Waals surface area (Å²) in [6.07, 6.45) is 3.08. The molecule has 0 bridgehead atoms. The van der Waals surface area contributed by atoms with Crippen LogP contribution in [-0.4, -0.2) is 65.2 Å². The van der Waals surface area contributed by atoms with Gasteiger partial charge in [0.25, 0.3) is 0 Å². The van der Waals surface area contributed by atoms with Gasteiger partial charge in [-0.25, -0.2) is 0 Å². The third-order valence-electron chi connectivity index (χ3n) is 4.34. The standard InChI is InChI=1S/C9H20O4Si.C5H12O2Si/c1-10-9(11-2)7-5-6-8-14(9,12-3)13-4;1-5-8(4,6-2)7-3/h5-8H2,1-4H3;5H,1H2,2-4H3. The molecule has 1 rings (SSSR count). The highest BCUT2D eigenvalue weighted by Crippen LogP contribution is 2.40. The second-order valence-corrected chi connectivity index (χ2v) is 12.0. The molecule has 1 aliphatic rings. The van der Waals surface area contributed by atoms with Crippen LogP contribution in [0.4, 0.5) is 0 Å². The lowest BCUT2D eigenvalue weighted by molar-refractivity contribution is -0.183. The number of hydrogen-bond donors (Lipinski definition) is 0. The maximum atomic E-state index is 5.59. The average Bonchev–Trinajstić information content (AvgIpc) is 2.61. The van der Waals surface area contributed by atoms with E-state index in [1.165, 1.54) is 0 Å². The largest absolute Gasteiger partial charge is 0.399 e. The Balaban J connectivity index is 0.000000472.